The van der Waals surface area contributed by atoms with Gasteiger partial charge in [0.15, 0.2) is 0 Å². The van der Waals surface area contributed by atoms with E-state index in [1.165, 1.54) is 12.8 Å². The minimum Gasteiger partial charge on any atom is -0.0651 e. The molecular weight excluding hydrogens is 252 g/mol. The maximum absolute atomic E-state index is 2.50. The van der Waals surface area contributed by atoms with Gasteiger partial charge in [0, 0.05) is 0 Å². The number of rotatable bonds is 9. The summed E-state index contributed by atoms with van der Waals surface area (Å²) in [6.45, 7) is 26.9. The molecule has 0 aliphatic carbocycles. The van der Waals surface area contributed by atoms with Gasteiger partial charge in [0.25, 0.3) is 0 Å². The lowest BCUT2D eigenvalue weighted by Crippen LogP contribution is -2.35. The van der Waals surface area contributed by atoms with Gasteiger partial charge in [-0.1, -0.05) is 89.0 Å². The van der Waals surface area contributed by atoms with Crippen LogP contribution in [0.3, 0.4) is 0 Å². The monoisotopic (exact) mass is 296 g/mol. The summed E-state index contributed by atoms with van der Waals surface area (Å²) in [4.78, 5) is 0. The third-order valence-corrected chi connectivity index (χ3v) is 7.79. The molecule has 0 aromatic carbocycles. The molecule has 0 radical (unpaired) electrons. The highest BCUT2D eigenvalue weighted by Gasteiger charge is 2.35. The van der Waals surface area contributed by atoms with E-state index in [2.05, 4.69) is 76.2 Å². The largest absolute Gasteiger partial charge is 0.0651 e. The summed E-state index contributed by atoms with van der Waals surface area (Å²) < 4.78 is 0. The highest BCUT2D eigenvalue weighted by atomic mass is 14.4. The van der Waals surface area contributed by atoms with Gasteiger partial charge in [0.2, 0.25) is 0 Å². The molecule has 0 bridgehead atoms. The molecule has 0 rings (SSSR count). The average molecular weight is 297 g/mol. The van der Waals surface area contributed by atoms with Crippen LogP contribution in [-0.4, -0.2) is 0 Å². The van der Waals surface area contributed by atoms with Crippen molar-refractivity contribution in [1.82, 2.24) is 0 Å². The normalized spacial score (nSPS) is 23.0. The predicted molar refractivity (Wildman–Crippen MR) is 98.5 cm³/mol. The van der Waals surface area contributed by atoms with E-state index in [9.17, 15) is 0 Å². The zero-order valence-corrected chi connectivity index (χ0v) is 17.0. The van der Waals surface area contributed by atoms with E-state index in [0.29, 0.717) is 5.41 Å². The molecule has 0 amide bonds. The van der Waals surface area contributed by atoms with Crippen molar-refractivity contribution in [2.75, 3.05) is 0 Å². The Hall–Kier alpha value is 0. The fourth-order valence-electron chi connectivity index (χ4n) is 3.82. The maximum Gasteiger partial charge on any atom is -0.0329 e. The van der Waals surface area contributed by atoms with E-state index in [1.54, 1.807) is 0 Å². The van der Waals surface area contributed by atoms with Crippen molar-refractivity contribution in [2.24, 2.45) is 46.8 Å². The molecule has 128 valence electrons. The van der Waals surface area contributed by atoms with Gasteiger partial charge >= 0.3 is 0 Å². The standard InChI is InChI=1S/C21H44/c1-12-14(3)15(4)16(5)17(6)18(7)19(8)20(9)21(10,11)13-2/h14-20H,12-13H2,1-11H3. The van der Waals surface area contributed by atoms with Gasteiger partial charge in [-0.3, -0.25) is 0 Å². The third kappa shape index (κ3) is 5.29. The summed E-state index contributed by atoms with van der Waals surface area (Å²) in [6.07, 6.45) is 2.58. The molecule has 0 saturated carbocycles. The van der Waals surface area contributed by atoms with Gasteiger partial charge in [0.1, 0.15) is 0 Å². The topological polar surface area (TPSA) is 0 Å². The van der Waals surface area contributed by atoms with Crippen LogP contribution in [0, 0.1) is 46.8 Å². The van der Waals surface area contributed by atoms with Crippen LogP contribution in [0.5, 0.6) is 0 Å². The van der Waals surface area contributed by atoms with Crippen LogP contribution in [-0.2, 0) is 0 Å². The number of hydrogen-bond acceptors (Lipinski definition) is 0. The maximum atomic E-state index is 2.50. The first kappa shape index (κ1) is 21.0. The zero-order valence-electron chi connectivity index (χ0n) is 17.0. The summed E-state index contributed by atoms with van der Waals surface area (Å²) in [5.74, 6) is 5.66. The van der Waals surface area contributed by atoms with Crippen molar-refractivity contribution in [3.8, 4) is 0 Å². The molecule has 0 spiro atoms. The van der Waals surface area contributed by atoms with Crippen molar-refractivity contribution in [3.05, 3.63) is 0 Å². The summed E-state index contributed by atoms with van der Waals surface area (Å²) in [5.41, 5.74) is 0.457. The Balaban J connectivity index is 4.87. The predicted octanol–water partition coefficient (Wildman–Crippen LogP) is 7.29. The summed E-state index contributed by atoms with van der Waals surface area (Å²) in [7, 11) is 0. The second-order valence-electron chi connectivity index (χ2n) is 8.81. The molecule has 0 saturated heterocycles. The lowest BCUT2D eigenvalue weighted by Gasteiger charge is -2.42. The Labute approximate surface area is 136 Å². The molecule has 7 unspecified atom stereocenters. The highest BCUT2D eigenvalue weighted by molar-refractivity contribution is 4.84. The van der Waals surface area contributed by atoms with E-state index in [4.69, 9.17) is 0 Å². The Bertz CT molecular complexity index is 278. The Morgan fingerprint density at radius 1 is 0.619 bits per heavy atom. The second-order valence-corrected chi connectivity index (χ2v) is 8.81. The van der Waals surface area contributed by atoms with Crippen molar-refractivity contribution in [2.45, 2.75) is 89.0 Å². The summed E-state index contributed by atoms with van der Waals surface area (Å²) >= 11 is 0. The second kappa shape index (κ2) is 8.59. The molecule has 0 nitrogen and oxygen atoms in total. The van der Waals surface area contributed by atoms with Crippen molar-refractivity contribution in [3.63, 3.8) is 0 Å². The van der Waals surface area contributed by atoms with Crippen LogP contribution in [0.2, 0.25) is 0 Å². The van der Waals surface area contributed by atoms with Gasteiger partial charge in [-0.2, -0.15) is 0 Å². The Morgan fingerprint density at radius 3 is 1.38 bits per heavy atom. The van der Waals surface area contributed by atoms with Crippen molar-refractivity contribution < 1.29 is 0 Å². The van der Waals surface area contributed by atoms with Crippen LogP contribution in [0.4, 0.5) is 0 Å². The van der Waals surface area contributed by atoms with Crippen LogP contribution in [0.1, 0.15) is 89.0 Å². The van der Waals surface area contributed by atoms with E-state index in [-0.39, 0.29) is 0 Å². The Morgan fingerprint density at radius 2 is 1.00 bits per heavy atom. The SMILES string of the molecule is CCC(C)C(C)C(C)C(C)C(C)C(C)C(C)C(C)(C)CC. The van der Waals surface area contributed by atoms with E-state index in [1.807, 2.05) is 0 Å². The quantitative estimate of drug-likeness (QED) is 0.419. The molecule has 0 N–H and O–H groups in total. The molecule has 0 heterocycles. The summed E-state index contributed by atoms with van der Waals surface area (Å²) in [6, 6.07) is 0. The van der Waals surface area contributed by atoms with Crippen LogP contribution < -0.4 is 0 Å². The molecule has 0 aliphatic rings. The fourth-order valence-corrected chi connectivity index (χ4v) is 3.82. The van der Waals surface area contributed by atoms with Gasteiger partial charge in [-0.05, 0) is 46.8 Å². The first-order valence-electron chi connectivity index (χ1n) is 9.51. The molecule has 0 aromatic rings. The fraction of sp³-hybridized carbons (Fsp3) is 1.00. The lowest BCUT2D eigenvalue weighted by atomic mass is 9.63. The highest BCUT2D eigenvalue weighted by Crippen LogP contribution is 2.42. The van der Waals surface area contributed by atoms with E-state index >= 15 is 0 Å². The van der Waals surface area contributed by atoms with Crippen molar-refractivity contribution in [1.29, 1.82) is 0 Å². The smallest absolute Gasteiger partial charge is 0.0329 e. The first-order valence-corrected chi connectivity index (χ1v) is 9.51. The van der Waals surface area contributed by atoms with Crippen LogP contribution >= 0.6 is 0 Å². The molecule has 0 aromatic heterocycles. The van der Waals surface area contributed by atoms with Crippen LogP contribution in [0.15, 0.2) is 0 Å². The molecule has 7 atom stereocenters. The minimum absolute atomic E-state index is 0.457. The molecular formula is C21H44. The van der Waals surface area contributed by atoms with E-state index < -0.39 is 0 Å². The average Bonchev–Trinajstić information content (AvgIpc) is 2.49. The third-order valence-electron chi connectivity index (χ3n) is 7.79. The van der Waals surface area contributed by atoms with Gasteiger partial charge in [-0.25, -0.2) is 0 Å². The Kier molecular flexibility index (Phi) is 8.59. The van der Waals surface area contributed by atoms with Gasteiger partial charge in [-0.15, -0.1) is 0 Å². The lowest BCUT2D eigenvalue weighted by molar-refractivity contribution is 0.0690. The van der Waals surface area contributed by atoms with Gasteiger partial charge < -0.3 is 0 Å². The van der Waals surface area contributed by atoms with Crippen molar-refractivity contribution >= 4 is 0 Å². The molecule has 0 fully saturated rings. The first-order chi connectivity index (χ1) is 9.51. The minimum atomic E-state index is 0.457. The zero-order chi connectivity index (χ0) is 17.0. The molecule has 0 aliphatic heterocycles. The summed E-state index contributed by atoms with van der Waals surface area (Å²) in [5, 5.41) is 0. The van der Waals surface area contributed by atoms with E-state index in [0.717, 1.165) is 41.4 Å². The van der Waals surface area contributed by atoms with Gasteiger partial charge in [0.05, 0.1) is 0 Å². The molecule has 0 heteroatoms. The number of hydrogen-bond donors (Lipinski definition) is 0. The molecule has 21 heavy (non-hydrogen) atoms. The van der Waals surface area contributed by atoms with Crippen LogP contribution in [0.25, 0.3) is 0 Å².